The standard InChI is InChI=1S/C15H21N5S/c1-12-6-7-14(10-13(12)2)20-15(21)19(16-17-20)11-18-8-4-3-5-9-18/h6-7,10H,3-5,8-9,11H2,1-2H3/p+1. The van der Waals surface area contributed by atoms with Crippen LogP contribution in [0.5, 0.6) is 0 Å². The third kappa shape index (κ3) is 3.06. The number of quaternary nitrogens is 1. The molecule has 1 N–H and O–H groups in total. The lowest BCUT2D eigenvalue weighted by atomic mass is 10.1. The van der Waals surface area contributed by atoms with Crippen molar-refractivity contribution in [2.24, 2.45) is 0 Å². The Kier molecular flexibility index (Phi) is 4.17. The van der Waals surface area contributed by atoms with E-state index in [9.17, 15) is 0 Å². The molecule has 6 heteroatoms. The van der Waals surface area contributed by atoms with Crippen LogP contribution in [0.4, 0.5) is 0 Å². The predicted molar refractivity (Wildman–Crippen MR) is 84.2 cm³/mol. The molecule has 5 nitrogen and oxygen atoms in total. The van der Waals surface area contributed by atoms with Crippen molar-refractivity contribution in [2.45, 2.75) is 39.8 Å². The van der Waals surface area contributed by atoms with Crippen molar-refractivity contribution in [2.75, 3.05) is 13.1 Å². The molecule has 1 fully saturated rings. The molecule has 2 aromatic rings. The minimum atomic E-state index is 0.677. The molecular formula is C15H22N5S+. The molecule has 0 atom stereocenters. The largest absolute Gasteiger partial charge is 0.316 e. The molecule has 1 saturated heterocycles. The van der Waals surface area contributed by atoms with E-state index in [0.717, 1.165) is 12.4 Å². The first-order valence-corrected chi connectivity index (χ1v) is 8.00. The van der Waals surface area contributed by atoms with E-state index in [2.05, 4.69) is 36.4 Å². The molecule has 1 aliphatic rings. The summed E-state index contributed by atoms with van der Waals surface area (Å²) in [6.07, 6.45) is 3.95. The van der Waals surface area contributed by atoms with E-state index in [-0.39, 0.29) is 0 Å². The quantitative estimate of drug-likeness (QED) is 0.872. The highest BCUT2D eigenvalue weighted by Crippen LogP contribution is 2.13. The predicted octanol–water partition coefficient (Wildman–Crippen LogP) is 1.44. The molecule has 1 aromatic carbocycles. The number of aryl methyl sites for hydroxylation is 2. The normalized spacial score (nSPS) is 16.3. The van der Waals surface area contributed by atoms with Crippen LogP contribution in [0, 0.1) is 18.6 Å². The number of nitrogens with one attached hydrogen (secondary N) is 1. The van der Waals surface area contributed by atoms with Crippen LogP contribution in [0.1, 0.15) is 30.4 Å². The number of hydrogen-bond donors (Lipinski definition) is 1. The molecule has 1 aromatic heterocycles. The lowest BCUT2D eigenvalue weighted by Crippen LogP contribution is -3.12. The number of aromatic nitrogens is 4. The van der Waals surface area contributed by atoms with Crippen LogP contribution in [-0.2, 0) is 6.67 Å². The van der Waals surface area contributed by atoms with Crippen LogP contribution < -0.4 is 4.90 Å². The van der Waals surface area contributed by atoms with Crippen molar-refractivity contribution in [3.63, 3.8) is 0 Å². The first-order valence-electron chi connectivity index (χ1n) is 7.59. The molecule has 0 amide bonds. The van der Waals surface area contributed by atoms with Crippen LogP contribution in [0.3, 0.4) is 0 Å². The Bertz CT molecular complexity index is 682. The van der Waals surface area contributed by atoms with Crippen molar-refractivity contribution in [3.8, 4) is 5.69 Å². The first kappa shape index (κ1) is 14.4. The number of benzene rings is 1. The Morgan fingerprint density at radius 3 is 2.57 bits per heavy atom. The molecule has 0 spiro atoms. The van der Waals surface area contributed by atoms with Crippen molar-refractivity contribution >= 4 is 12.2 Å². The second-order valence-corrected chi connectivity index (χ2v) is 6.28. The molecule has 1 aliphatic heterocycles. The summed E-state index contributed by atoms with van der Waals surface area (Å²) in [5, 5.41) is 8.48. The van der Waals surface area contributed by atoms with Crippen molar-refractivity contribution < 1.29 is 4.90 Å². The lowest BCUT2D eigenvalue weighted by molar-refractivity contribution is -0.928. The molecule has 0 aliphatic carbocycles. The van der Waals surface area contributed by atoms with Crippen LogP contribution >= 0.6 is 12.2 Å². The number of rotatable bonds is 3. The van der Waals surface area contributed by atoms with E-state index in [1.54, 1.807) is 9.58 Å². The number of hydrogen-bond acceptors (Lipinski definition) is 3. The summed E-state index contributed by atoms with van der Waals surface area (Å²) in [5.74, 6) is 0. The smallest absolute Gasteiger partial charge is 0.225 e. The van der Waals surface area contributed by atoms with Gasteiger partial charge in [0.2, 0.25) is 4.77 Å². The van der Waals surface area contributed by atoms with E-state index < -0.39 is 0 Å². The average Bonchev–Trinajstić information content (AvgIpc) is 2.84. The van der Waals surface area contributed by atoms with E-state index >= 15 is 0 Å². The Hall–Kier alpha value is -1.53. The maximum atomic E-state index is 5.54. The highest BCUT2D eigenvalue weighted by molar-refractivity contribution is 7.71. The maximum absolute atomic E-state index is 5.54. The Morgan fingerprint density at radius 1 is 1.10 bits per heavy atom. The summed E-state index contributed by atoms with van der Waals surface area (Å²) in [4.78, 5) is 1.55. The fraction of sp³-hybridized carbons (Fsp3) is 0.533. The van der Waals surface area contributed by atoms with Gasteiger partial charge in [0.15, 0.2) is 6.67 Å². The van der Waals surface area contributed by atoms with Crippen LogP contribution in [0.25, 0.3) is 5.69 Å². The third-order valence-electron chi connectivity index (χ3n) is 4.31. The first-order chi connectivity index (χ1) is 10.1. The van der Waals surface area contributed by atoms with Crippen molar-refractivity contribution in [3.05, 3.63) is 34.1 Å². The summed E-state index contributed by atoms with van der Waals surface area (Å²) in [6.45, 7) is 7.44. The zero-order valence-electron chi connectivity index (χ0n) is 12.7. The van der Waals surface area contributed by atoms with Gasteiger partial charge < -0.3 is 4.90 Å². The SMILES string of the molecule is Cc1ccc(-n2nnn(C[NH+]3CCCCC3)c2=S)cc1C. The topological polar surface area (TPSA) is 40.1 Å². The van der Waals surface area contributed by atoms with Gasteiger partial charge in [0.25, 0.3) is 0 Å². The Balaban J connectivity index is 1.84. The number of nitrogens with zero attached hydrogens (tertiary/aromatic N) is 4. The van der Waals surface area contributed by atoms with Gasteiger partial charge in [-0.05, 0) is 79.0 Å². The summed E-state index contributed by atoms with van der Waals surface area (Å²) in [7, 11) is 0. The third-order valence-corrected chi connectivity index (χ3v) is 4.69. The van der Waals surface area contributed by atoms with E-state index in [4.69, 9.17) is 12.2 Å². The summed E-state index contributed by atoms with van der Waals surface area (Å²) in [6, 6.07) is 6.25. The molecule has 0 radical (unpaired) electrons. The zero-order valence-corrected chi connectivity index (χ0v) is 13.5. The number of tetrazole rings is 1. The molecule has 112 valence electrons. The van der Waals surface area contributed by atoms with Gasteiger partial charge in [-0.3, -0.25) is 0 Å². The molecular weight excluding hydrogens is 282 g/mol. The van der Waals surface area contributed by atoms with Gasteiger partial charge in [-0.1, -0.05) is 6.07 Å². The van der Waals surface area contributed by atoms with Crippen molar-refractivity contribution in [1.82, 2.24) is 19.8 Å². The van der Waals surface area contributed by atoms with Gasteiger partial charge in [-0.2, -0.15) is 9.36 Å². The zero-order chi connectivity index (χ0) is 14.8. The van der Waals surface area contributed by atoms with Gasteiger partial charge in [-0.15, -0.1) is 0 Å². The molecule has 0 saturated carbocycles. The van der Waals surface area contributed by atoms with Crippen LogP contribution in [-0.4, -0.2) is 32.9 Å². The second kappa shape index (κ2) is 6.07. The monoisotopic (exact) mass is 304 g/mol. The van der Waals surface area contributed by atoms with Crippen molar-refractivity contribution in [1.29, 1.82) is 0 Å². The second-order valence-electron chi connectivity index (χ2n) is 5.91. The van der Waals surface area contributed by atoms with Gasteiger partial charge in [0.05, 0.1) is 18.8 Å². The Morgan fingerprint density at radius 2 is 1.86 bits per heavy atom. The van der Waals surface area contributed by atoms with E-state index in [1.165, 1.54) is 43.5 Å². The number of piperidine rings is 1. The summed E-state index contributed by atoms with van der Waals surface area (Å²) < 4.78 is 4.28. The van der Waals surface area contributed by atoms with Gasteiger partial charge in [-0.25, -0.2) is 0 Å². The highest BCUT2D eigenvalue weighted by Gasteiger charge is 2.16. The maximum Gasteiger partial charge on any atom is 0.225 e. The lowest BCUT2D eigenvalue weighted by Gasteiger charge is -2.22. The fourth-order valence-corrected chi connectivity index (χ4v) is 3.06. The minimum absolute atomic E-state index is 0.677. The van der Waals surface area contributed by atoms with E-state index in [1.807, 2.05) is 10.7 Å². The van der Waals surface area contributed by atoms with Gasteiger partial charge >= 0.3 is 0 Å². The summed E-state index contributed by atoms with van der Waals surface area (Å²) in [5.41, 5.74) is 3.50. The van der Waals surface area contributed by atoms with Gasteiger partial charge in [0.1, 0.15) is 0 Å². The molecule has 3 rings (SSSR count). The van der Waals surface area contributed by atoms with Crippen LogP contribution in [0.2, 0.25) is 0 Å². The van der Waals surface area contributed by atoms with Gasteiger partial charge in [0, 0.05) is 0 Å². The highest BCUT2D eigenvalue weighted by atomic mass is 32.1. The minimum Gasteiger partial charge on any atom is -0.316 e. The van der Waals surface area contributed by atoms with Crippen LogP contribution in [0.15, 0.2) is 18.2 Å². The molecule has 2 heterocycles. The fourth-order valence-electron chi connectivity index (χ4n) is 2.81. The molecule has 21 heavy (non-hydrogen) atoms. The molecule has 0 bridgehead atoms. The van der Waals surface area contributed by atoms with E-state index in [0.29, 0.717) is 4.77 Å². The number of likely N-dealkylation sites (tertiary alicyclic amines) is 1. The summed E-state index contributed by atoms with van der Waals surface area (Å²) >= 11 is 5.54. The average molecular weight is 304 g/mol. The Labute approximate surface area is 130 Å². The molecule has 0 unspecified atom stereocenters.